The molecular formula is C17H23NO2. The van der Waals surface area contributed by atoms with E-state index in [4.69, 9.17) is 4.74 Å². The molecule has 1 heterocycles. The molecule has 2 fully saturated rings. The van der Waals surface area contributed by atoms with Gasteiger partial charge in [-0.15, -0.1) is 0 Å². The van der Waals surface area contributed by atoms with Crippen molar-refractivity contribution in [3.05, 3.63) is 35.9 Å². The molecule has 0 aromatic heterocycles. The van der Waals surface area contributed by atoms with Crippen molar-refractivity contribution in [2.75, 3.05) is 0 Å². The molecule has 1 aliphatic carbocycles. The number of carbonyl (C=O) groups excluding carboxylic acids is 1. The first-order chi connectivity index (χ1) is 9.83. The van der Waals surface area contributed by atoms with E-state index in [1.54, 1.807) is 0 Å². The molecule has 1 N–H and O–H groups in total. The Morgan fingerprint density at radius 1 is 1.15 bits per heavy atom. The van der Waals surface area contributed by atoms with Gasteiger partial charge in [0.05, 0.1) is 6.10 Å². The lowest BCUT2D eigenvalue weighted by atomic mass is 9.95. The van der Waals surface area contributed by atoms with Crippen LogP contribution in [-0.4, -0.2) is 24.2 Å². The number of ether oxygens (including phenoxy) is 1. The van der Waals surface area contributed by atoms with Crippen molar-refractivity contribution in [2.24, 2.45) is 0 Å². The zero-order valence-corrected chi connectivity index (χ0v) is 11.9. The van der Waals surface area contributed by atoms with Gasteiger partial charge in [0.1, 0.15) is 0 Å². The summed E-state index contributed by atoms with van der Waals surface area (Å²) < 4.78 is 5.53. The first-order valence-corrected chi connectivity index (χ1v) is 7.83. The predicted molar refractivity (Wildman–Crippen MR) is 78.4 cm³/mol. The van der Waals surface area contributed by atoms with Crippen LogP contribution >= 0.6 is 0 Å². The second kappa shape index (κ2) is 6.40. The van der Waals surface area contributed by atoms with Crippen LogP contribution in [0.25, 0.3) is 0 Å². The van der Waals surface area contributed by atoms with Gasteiger partial charge in [-0.25, -0.2) is 0 Å². The summed E-state index contributed by atoms with van der Waals surface area (Å²) in [5, 5.41) is 3.15. The number of hydrogen-bond acceptors (Lipinski definition) is 2. The molecule has 2 aliphatic rings. The van der Waals surface area contributed by atoms with Gasteiger partial charge in [0.2, 0.25) is 0 Å². The highest BCUT2D eigenvalue weighted by atomic mass is 16.6. The van der Waals surface area contributed by atoms with Gasteiger partial charge < -0.3 is 10.1 Å². The molecule has 1 saturated heterocycles. The van der Waals surface area contributed by atoms with E-state index in [0.717, 1.165) is 25.7 Å². The quantitative estimate of drug-likeness (QED) is 0.838. The van der Waals surface area contributed by atoms with Crippen LogP contribution in [0.3, 0.4) is 0 Å². The van der Waals surface area contributed by atoms with Gasteiger partial charge in [0, 0.05) is 6.04 Å². The summed E-state index contributed by atoms with van der Waals surface area (Å²) in [5.41, 5.74) is 1.31. The van der Waals surface area contributed by atoms with Crippen molar-refractivity contribution in [2.45, 2.75) is 63.2 Å². The highest BCUT2D eigenvalue weighted by Crippen LogP contribution is 2.28. The number of epoxide rings is 1. The smallest absolute Gasteiger partial charge is 0.252 e. The Morgan fingerprint density at radius 3 is 2.65 bits per heavy atom. The normalized spacial score (nSPS) is 26.2. The third-order valence-electron chi connectivity index (χ3n) is 4.35. The maximum Gasteiger partial charge on any atom is 0.252 e. The number of hydrogen-bond donors (Lipinski definition) is 1. The molecule has 0 spiro atoms. The van der Waals surface area contributed by atoms with E-state index >= 15 is 0 Å². The predicted octanol–water partition coefficient (Wildman–Crippen LogP) is 2.84. The summed E-state index contributed by atoms with van der Waals surface area (Å²) >= 11 is 0. The van der Waals surface area contributed by atoms with Gasteiger partial charge >= 0.3 is 0 Å². The third kappa shape index (κ3) is 3.60. The van der Waals surface area contributed by atoms with E-state index < -0.39 is 0 Å². The molecule has 1 amide bonds. The van der Waals surface area contributed by atoms with Gasteiger partial charge in [0.25, 0.3) is 5.91 Å². The summed E-state index contributed by atoms with van der Waals surface area (Å²) in [6.45, 7) is 0. The average molecular weight is 273 g/mol. The van der Waals surface area contributed by atoms with Gasteiger partial charge in [-0.1, -0.05) is 49.6 Å². The molecule has 0 radical (unpaired) electrons. The molecule has 0 unspecified atom stereocenters. The van der Waals surface area contributed by atoms with E-state index in [2.05, 4.69) is 29.6 Å². The summed E-state index contributed by atoms with van der Waals surface area (Å²) in [6, 6.07) is 10.8. The Hall–Kier alpha value is -1.35. The SMILES string of the molecule is O=C(NC1CCCCC1)[C@@H]1O[C@H]1CCc1ccccc1. The number of carbonyl (C=O) groups is 1. The molecule has 108 valence electrons. The second-order valence-corrected chi connectivity index (χ2v) is 5.96. The van der Waals surface area contributed by atoms with Gasteiger partial charge in [-0.2, -0.15) is 0 Å². The number of rotatable bonds is 5. The molecule has 1 aromatic carbocycles. The lowest BCUT2D eigenvalue weighted by Gasteiger charge is -2.22. The van der Waals surface area contributed by atoms with Gasteiger partial charge in [-0.3, -0.25) is 4.79 Å². The molecule has 1 saturated carbocycles. The Labute approximate surface area is 120 Å². The zero-order valence-electron chi connectivity index (χ0n) is 11.9. The number of amides is 1. The number of nitrogens with one attached hydrogen (secondary N) is 1. The minimum atomic E-state index is -0.194. The lowest BCUT2D eigenvalue weighted by Crippen LogP contribution is -2.39. The standard InChI is InChI=1S/C17H23NO2/c19-17(18-14-9-5-2-6-10-14)16-15(20-16)12-11-13-7-3-1-4-8-13/h1,3-4,7-8,14-16H,2,5-6,9-12H2,(H,18,19)/t15-,16+/m0/s1. The second-order valence-electron chi connectivity index (χ2n) is 5.96. The summed E-state index contributed by atoms with van der Waals surface area (Å²) in [5.74, 6) is 0.106. The number of benzene rings is 1. The topological polar surface area (TPSA) is 41.6 Å². The van der Waals surface area contributed by atoms with E-state index in [1.165, 1.54) is 24.8 Å². The molecule has 0 bridgehead atoms. The molecule has 2 atom stereocenters. The van der Waals surface area contributed by atoms with Gasteiger partial charge in [-0.05, 0) is 31.2 Å². The summed E-state index contributed by atoms with van der Waals surface area (Å²) in [7, 11) is 0. The number of aryl methyl sites for hydroxylation is 1. The minimum Gasteiger partial charge on any atom is -0.359 e. The Morgan fingerprint density at radius 2 is 1.90 bits per heavy atom. The van der Waals surface area contributed by atoms with Crippen LogP contribution in [0.1, 0.15) is 44.1 Å². The Kier molecular flexibility index (Phi) is 4.36. The highest BCUT2D eigenvalue weighted by molar-refractivity contribution is 5.83. The van der Waals surface area contributed by atoms with Crippen LogP contribution in [0.5, 0.6) is 0 Å². The molecule has 3 heteroatoms. The van der Waals surface area contributed by atoms with Crippen molar-refractivity contribution in [3.8, 4) is 0 Å². The van der Waals surface area contributed by atoms with Crippen LogP contribution in [0.4, 0.5) is 0 Å². The van der Waals surface area contributed by atoms with Crippen molar-refractivity contribution in [1.82, 2.24) is 5.32 Å². The van der Waals surface area contributed by atoms with Gasteiger partial charge in [0.15, 0.2) is 6.10 Å². The van der Waals surface area contributed by atoms with E-state index in [0.29, 0.717) is 6.04 Å². The summed E-state index contributed by atoms with van der Waals surface area (Å²) in [4.78, 5) is 12.1. The third-order valence-corrected chi connectivity index (χ3v) is 4.35. The zero-order chi connectivity index (χ0) is 13.8. The first-order valence-electron chi connectivity index (χ1n) is 7.83. The molecular weight excluding hydrogens is 250 g/mol. The maximum absolute atomic E-state index is 12.1. The molecule has 1 aliphatic heterocycles. The maximum atomic E-state index is 12.1. The first kappa shape index (κ1) is 13.6. The molecule has 3 nitrogen and oxygen atoms in total. The Balaban J connectivity index is 1.39. The van der Waals surface area contributed by atoms with Crippen LogP contribution < -0.4 is 5.32 Å². The van der Waals surface area contributed by atoms with Crippen molar-refractivity contribution < 1.29 is 9.53 Å². The average Bonchev–Trinajstić information content (AvgIpc) is 3.27. The minimum absolute atomic E-state index is 0.106. The van der Waals surface area contributed by atoms with E-state index in [1.807, 2.05) is 6.07 Å². The molecule has 3 rings (SSSR count). The van der Waals surface area contributed by atoms with Crippen molar-refractivity contribution in [1.29, 1.82) is 0 Å². The fourth-order valence-corrected chi connectivity index (χ4v) is 3.08. The fourth-order valence-electron chi connectivity index (χ4n) is 3.08. The van der Waals surface area contributed by atoms with Crippen LogP contribution in [0.2, 0.25) is 0 Å². The highest BCUT2D eigenvalue weighted by Gasteiger charge is 2.44. The van der Waals surface area contributed by atoms with Crippen molar-refractivity contribution >= 4 is 5.91 Å². The lowest BCUT2D eigenvalue weighted by molar-refractivity contribution is -0.123. The van der Waals surface area contributed by atoms with E-state index in [-0.39, 0.29) is 18.1 Å². The summed E-state index contributed by atoms with van der Waals surface area (Å²) in [6.07, 6.45) is 7.92. The van der Waals surface area contributed by atoms with Crippen LogP contribution in [0.15, 0.2) is 30.3 Å². The van der Waals surface area contributed by atoms with Crippen LogP contribution in [-0.2, 0) is 16.0 Å². The molecule has 1 aromatic rings. The molecule has 20 heavy (non-hydrogen) atoms. The Bertz CT molecular complexity index is 440. The largest absolute Gasteiger partial charge is 0.359 e. The van der Waals surface area contributed by atoms with Crippen LogP contribution in [0, 0.1) is 0 Å². The monoisotopic (exact) mass is 273 g/mol. The fraction of sp³-hybridized carbons (Fsp3) is 0.588. The van der Waals surface area contributed by atoms with E-state index in [9.17, 15) is 4.79 Å². The van der Waals surface area contributed by atoms with Crippen molar-refractivity contribution in [3.63, 3.8) is 0 Å².